The molecular formula is C19H22N4O7. The Morgan fingerprint density at radius 3 is 1.57 bits per heavy atom. The molecular weight excluding hydrogens is 396 g/mol. The highest BCUT2D eigenvalue weighted by Crippen LogP contribution is 2.29. The van der Waals surface area contributed by atoms with E-state index in [0.29, 0.717) is 26.3 Å². The van der Waals surface area contributed by atoms with E-state index in [1.165, 1.54) is 38.5 Å². The average molecular weight is 418 g/mol. The fourth-order valence-electron chi connectivity index (χ4n) is 2.69. The Morgan fingerprint density at radius 1 is 0.833 bits per heavy atom. The molecule has 0 spiro atoms. The molecule has 0 bridgehead atoms. The topological polar surface area (TPSA) is 146 Å². The number of anilines is 2. The third kappa shape index (κ3) is 5.72. The van der Waals surface area contributed by atoms with E-state index in [1.54, 1.807) is 0 Å². The largest absolute Gasteiger partial charge is 0.383 e. The smallest absolute Gasteiger partial charge is 0.293 e. The number of carbonyl (C=O) groups excluding carboxylic acids is 1. The van der Waals surface area contributed by atoms with Crippen molar-refractivity contribution in [3.8, 4) is 0 Å². The maximum Gasteiger partial charge on any atom is 0.293 e. The Hall–Kier alpha value is -3.57. The van der Waals surface area contributed by atoms with E-state index in [4.69, 9.17) is 9.47 Å². The van der Waals surface area contributed by atoms with Crippen molar-refractivity contribution in [3.05, 3.63) is 67.8 Å². The monoisotopic (exact) mass is 418 g/mol. The number of benzene rings is 2. The van der Waals surface area contributed by atoms with Crippen molar-refractivity contribution in [2.45, 2.75) is 0 Å². The Labute approximate surface area is 172 Å². The minimum Gasteiger partial charge on any atom is -0.383 e. The van der Waals surface area contributed by atoms with Crippen LogP contribution in [0.2, 0.25) is 0 Å². The molecule has 0 unspecified atom stereocenters. The van der Waals surface area contributed by atoms with E-state index < -0.39 is 15.6 Å². The first-order valence-corrected chi connectivity index (χ1v) is 8.96. The van der Waals surface area contributed by atoms with Crippen molar-refractivity contribution in [1.29, 1.82) is 0 Å². The zero-order valence-electron chi connectivity index (χ0n) is 16.5. The highest BCUT2D eigenvalue weighted by atomic mass is 16.6. The zero-order chi connectivity index (χ0) is 22.1. The van der Waals surface area contributed by atoms with Crippen LogP contribution >= 0.6 is 0 Å². The molecule has 11 nitrogen and oxygen atoms in total. The molecule has 0 amide bonds. The maximum absolute atomic E-state index is 12.8. The Morgan fingerprint density at radius 2 is 1.23 bits per heavy atom. The highest BCUT2D eigenvalue weighted by molar-refractivity contribution is 6.10. The molecule has 11 heteroatoms. The molecule has 2 rings (SSSR count). The molecule has 0 heterocycles. The van der Waals surface area contributed by atoms with Gasteiger partial charge in [0.1, 0.15) is 11.4 Å². The number of nitro benzene ring substituents is 2. The van der Waals surface area contributed by atoms with E-state index >= 15 is 0 Å². The molecule has 0 aliphatic carbocycles. The lowest BCUT2D eigenvalue weighted by atomic mass is 10.0. The normalized spacial score (nSPS) is 10.5. The van der Waals surface area contributed by atoms with Gasteiger partial charge in [-0.05, 0) is 24.3 Å². The van der Waals surface area contributed by atoms with Crippen molar-refractivity contribution in [2.75, 3.05) is 51.2 Å². The number of ketones is 1. The van der Waals surface area contributed by atoms with E-state index in [2.05, 4.69) is 10.6 Å². The van der Waals surface area contributed by atoms with Crippen LogP contribution in [0.1, 0.15) is 15.9 Å². The molecule has 0 atom stereocenters. The van der Waals surface area contributed by atoms with E-state index in [1.807, 2.05) is 0 Å². The second-order valence-corrected chi connectivity index (χ2v) is 6.15. The number of rotatable bonds is 12. The molecule has 0 radical (unpaired) electrons. The van der Waals surface area contributed by atoms with Crippen LogP contribution in [-0.2, 0) is 9.47 Å². The molecule has 0 aliphatic rings. The SMILES string of the molecule is COCCNc1ccc(C(=O)c2ccc(NCCOC)c([N+](=O)[O-])c2)cc1[N+](=O)[O-]. The molecule has 2 aromatic rings. The number of methoxy groups -OCH3 is 2. The quantitative estimate of drug-likeness (QED) is 0.230. The number of ether oxygens (including phenoxy) is 2. The van der Waals surface area contributed by atoms with Crippen molar-refractivity contribution in [3.63, 3.8) is 0 Å². The summed E-state index contributed by atoms with van der Waals surface area (Å²) in [4.78, 5) is 34.4. The summed E-state index contributed by atoms with van der Waals surface area (Å²) in [5.41, 5.74) is 0.0462. The predicted molar refractivity (Wildman–Crippen MR) is 110 cm³/mol. The molecule has 0 saturated heterocycles. The molecule has 0 aromatic heterocycles. The minimum absolute atomic E-state index is 0.0494. The standard InChI is InChI=1S/C19H22N4O7/c1-29-9-7-20-15-5-3-13(11-17(15)22(25)26)19(24)14-4-6-16(21-8-10-30-2)18(12-14)23(27)28/h3-6,11-12,20-21H,7-10H2,1-2H3. The van der Waals surface area contributed by atoms with Gasteiger partial charge in [-0.2, -0.15) is 0 Å². The van der Waals surface area contributed by atoms with Crippen LogP contribution in [0, 0.1) is 20.2 Å². The second kappa shape index (κ2) is 10.8. The van der Waals surface area contributed by atoms with Gasteiger partial charge in [0, 0.05) is 50.6 Å². The predicted octanol–water partition coefficient (Wildman–Crippen LogP) is 2.85. The van der Waals surface area contributed by atoms with Crippen LogP contribution in [0.25, 0.3) is 0 Å². The first kappa shape index (κ1) is 22.7. The zero-order valence-corrected chi connectivity index (χ0v) is 16.5. The van der Waals surface area contributed by atoms with Gasteiger partial charge in [0.05, 0.1) is 23.1 Å². The molecule has 2 aromatic carbocycles. The number of nitro groups is 2. The lowest BCUT2D eigenvalue weighted by molar-refractivity contribution is -0.384. The maximum atomic E-state index is 12.8. The summed E-state index contributed by atoms with van der Waals surface area (Å²) >= 11 is 0. The van der Waals surface area contributed by atoms with Gasteiger partial charge in [-0.15, -0.1) is 0 Å². The first-order chi connectivity index (χ1) is 14.4. The van der Waals surface area contributed by atoms with Crippen molar-refractivity contribution in [1.82, 2.24) is 0 Å². The lowest BCUT2D eigenvalue weighted by Crippen LogP contribution is -2.11. The first-order valence-electron chi connectivity index (χ1n) is 8.96. The van der Waals surface area contributed by atoms with Gasteiger partial charge in [0.25, 0.3) is 11.4 Å². The number of nitrogens with one attached hydrogen (secondary N) is 2. The summed E-state index contributed by atoms with van der Waals surface area (Å²) in [6.07, 6.45) is 0. The number of hydrogen-bond donors (Lipinski definition) is 2. The highest BCUT2D eigenvalue weighted by Gasteiger charge is 2.21. The van der Waals surface area contributed by atoms with Gasteiger partial charge in [-0.25, -0.2) is 0 Å². The Bertz CT molecular complexity index is 860. The van der Waals surface area contributed by atoms with E-state index in [0.717, 1.165) is 12.1 Å². The van der Waals surface area contributed by atoms with E-state index in [9.17, 15) is 25.0 Å². The Kier molecular flexibility index (Phi) is 8.20. The summed E-state index contributed by atoms with van der Waals surface area (Å²) in [6.45, 7) is 1.42. The Balaban J connectivity index is 2.32. The molecule has 2 N–H and O–H groups in total. The molecule has 0 saturated carbocycles. The molecule has 0 aliphatic heterocycles. The summed E-state index contributed by atoms with van der Waals surface area (Å²) in [6, 6.07) is 8.01. The minimum atomic E-state index is -0.600. The van der Waals surface area contributed by atoms with Gasteiger partial charge < -0.3 is 20.1 Å². The van der Waals surface area contributed by atoms with Crippen LogP contribution in [0.5, 0.6) is 0 Å². The van der Waals surface area contributed by atoms with Crippen LogP contribution in [0.3, 0.4) is 0 Å². The third-order valence-electron chi connectivity index (χ3n) is 4.16. The number of carbonyl (C=O) groups is 1. The fourth-order valence-corrected chi connectivity index (χ4v) is 2.69. The lowest BCUT2D eigenvalue weighted by Gasteiger charge is -2.10. The third-order valence-corrected chi connectivity index (χ3v) is 4.16. The number of hydrogen-bond acceptors (Lipinski definition) is 9. The van der Waals surface area contributed by atoms with Crippen LogP contribution in [0.15, 0.2) is 36.4 Å². The average Bonchev–Trinajstić information content (AvgIpc) is 2.73. The van der Waals surface area contributed by atoms with Crippen LogP contribution in [-0.4, -0.2) is 56.2 Å². The molecule has 30 heavy (non-hydrogen) atoms. The summed E-state index contributed by atoms with van der Waals surface area (Å²) < 4.78 is 9.80. The van der Waals surface area contributed by atoms with Crippen molar-refractivity contribution < 1.29 is 24.1 Å². The van der Waals surface area contributed by atoms with Gasteiger partial charge in [-0.3, -0.25) is 25.0 Å². The van der Waals surface area contributed by atoms with Gasteiger partial charge in [0.2, 0.25) is 0 Å². The van der Waals surface area contributed by atoms with Gasteiger partial charge in [-0.1, -0.05) is 0 Å². The van der Waals surface area contributed by atoms with Gasteiger partial charge in [0.15, 0.2) is 5.78 Å². The van der Waals surface area contributed by atoms with Crippen LogP contribution in [0.4, 0.5) is 22.7 Å². The summed E-state index contributed by atoms with van der Waals surface area (Å²) in [5.74, 6) is -0.562. The van der Waals surface area contributed by atoms with E-state index in [-0.39, 0.29) is 33.9 Å². The second-order valence-electron chi connectivity index (χ2n) is 6.15. The number of nitrogens with zero attached hydrogens (tertiary/aromatic N) is 2. The summed E-state index contributed by atoms with van der Waals surface area (Å²) in [7, 11) is 3.02. The molecule has 0 fully saturated rings. The van der Waals surface area contributed by atoms with Gasteiger partial charge >= 0.3 is 0 Å². The fraction of sp³-hybridized carbons (Fsp3) is 0.316. The van der Waals surface area contributed by atoms with Crippen molar-refractivity contribution >= 4 is 28.5 Å². The molecule has 160 valence electrons. The summed E-state index contributed by atoms with van der Waals surface area (Å²) in [5, 5.41) is 28.5. The van der Waals surface area contributed by atoms with Crippen molar-refractivity contribution in [2.24, 2.45) is 0 Å². The van der Waals surface area contributed by atoms with Crippen LogP contribution < -0.4 is 10.6 Å².